The Morgan fingerprint density at radius 2 is 2.00 bits per heavy atom. The van der Waals surface area contributed by atoms with Crippen molar-refractivity contribution >= 4 is 0 Å². The van der Waals surface area contributed by atoms with E-state index in [4.69, 9.17) is 4.74 Å². The molecular formula is C17H33NO. The van der Waals surface area contributed by atoms with Crippen LogP contribution in [0.1, 0.15) is 71.6 Å². The largest absolute Gasteiger partial charge is 0.378 e. The van der Waals surface area contributed by atoms with Gasteiger partial charge in [0.15, 0.2) is 0 Å². The highest BCUT2D eigenvalue weighted by Gasteiger charge is 2.32. The van der Waals surface area contributed by atoms with Crippen molar-refractivity contribution in [1.82, 2.24) is 5.32 Å². The molecule has 1 aliphatic carbocycles. The van der Waals surface area contributed by atoms with E-state index in [9.17, 15) is 0 Å². The maximum absolute atomic E-state index is 5.88. The molecule has 1 heterocycles. The highest BCUT2D eigenvalue weighted by molar-refractivity contribution is 4.87. The molecule has 112 valence electrons. The van der Waals surface area contributed by atoms with Crippen molar-refractivity contribution in [3.63, 3.8) is 0 Å². The SMILES string of the molecule is CCCNC1CCC(CCC)CC1CC1CCCO1. The summed E-state index contributed by atoms with van der Waals surface area (Å²) < 4.78 is 5.88. The monoisotopic (exact) mass is 267 g/mol. The van der Waals surface area contributed by atoms with Gasteiger partial charge in [0, 0.05) is 12.6 Å². The molecule has 0 aromatic rings. The van der Waals surface area contributed by atoms with Crippen LogP contribution in [0.2, 0.25) is 0 Å². The molecule has 0 bridgehead atoms. The topological polar surface area (TPSA) is 21.3 Å². The zero-order valence-electron chi connectivity index (χ0n) is 13.0. The van der Waals surface area contributed by atoms with E-state index in [1.54, 1.807) is 0 Å². The van der Waals surface area contributed by atoms with E-state index in [-0.39, 0.29) is 0 Å². The Hall–Kier alpha value is -0.0800. The minimum atomic E-state index is 0.566. The third-order valence-electron chi connectivity index (χ3n) is 5.03. The van der Waals surface area contributed by atoms with Crippen LogP contribution < -0.4 is 5.32 Å². The Morgan fingerprint density at radius 1 is 1.11 bits per heavy atom. The summed E-state index contributed by atoms with van der Waals surface area (Å²) in [5.74, 6) is 1.84. The summed E-state index contributed by atoms with van der Waals surface area (Å²) in [5, 5.41) is 3.80. The normalized spacial score (nSPS) is 35.7. The zero-order valence-corrected chi connectivity index (χ0v) is 13.0. The lowest BCUT2D eigenvalue weighted by Gasteiger charge is -2.38. The molecule has 2 aliphatic rings. The summed E-state index contributed by atoms with van der Waals surface area (Å²) in [6.07, 6.45) is 12.8. The molecule has 4 atom stereocenters. The first kappa shape index (κ1) is 15.3. The lowest BCUT2D eigenvalue weighted by Crippen LogP contribution is -2.42. The first-order chi connectivity index (χ1) is 9.33. The molecule has 2 rings (SSSR count). The molecule has 2 heteroatoms. The van der Waals surface area contributed by atoms with Gasteiger partial charge in [-0.2, -0.15) is 0 Å². The number of nitrogens with one attached hydrogen (secondary N) is 1. The third kappa shape index (κ3) is 4.75. The van der Waals surface area contributed by atoms with Crippen LogP contribution in [0.25, 0.3) is 0 Å². The molecule has 19 heavy (non-hydrogen) atoms. The Morgan fingerprint density at radius 3 is 2.68 bits per heavy atom. The summed E-state index contributed by atoms with van der Waals surface area (Å²) in [7, 11) is 0. The van der Waals surface area contributed by atoms with E-state index in [1.165, 1.54) is 64.3 Å². The fourth-order valence-corrected chi connectivity index (χ4v) is 4.06. The molecule has 1 N–H and O–H groups in total. The summed E-state index contributed by atoms with van der Waals surface area (Å²) in [6.45, 7) is 6.79. The first-order valence-corrected chi connectivity index (χ1v) is 8.68. The predicted octanol–water partition coefficient (Wildman–Crippen LogP) is 4.14. The van der Waals surface area contributed by atoms with Crippen molar-refractivity contribution in [2.24, 2.45) is 11.8 Å². The van der Waals surface area contributed by atoms with Crippen molar-refractivity contribution in [3.05, 3.63) is 0 Å². The summed E-state index contributed by atoms with van der Waals surface area (Å²) in [4.78, 5) is 0. The highest BCUT2D eigenvalue weighted by Crippen LogP contribution is 2.36. The van der Waals surface area contributed by atoms with Gasteiger partial charge in [-0.3, -0.25) is 0 Å². The Kier molecular flexibility index (Phi) is 6.66. The number of hydrogen-bond acceptors (Lipinski definition) is 2. The van der Waals surface area contributed by atoms with E-state index < -0.39 is 0 Å². The molecule has 0 radical (unpaired) electrons. The van der Waals surface area contributed by atoms with Crippen LogP contribution in [0.15, 0.2) is 0 Å². The van der Waals surface area contributed by atoms with E-state index in [0.29, 0.717) is 6.10 Å². The molecule has 4 unspecified atom stereocenters. The average molecular weight is 267 g/mol. The first-order valence-electron chi connectivity index (χ1n) is 8.68. The lowest BCUT2D eigenvalue weighted by atomic mass is 9.74. The quantitative estimate of drug-likeness (QED) is 0.748. The standard InChI is InChI=1S/C17H33NO/c1-3-6-14-8-9-17(18-10-4-2)15(12-14)13-16-7-5-11-19-16/h14-18H,3-13H2,1-2H3. The van der Waals surface area contributed by atoms with Crippen molar-refractivity contribution in [2.75, 3.05) is 13.2 Å². The lowest BCUT2D eigenvalue weighted by molar-refractivity contribution is 0.0662. The van der Waals surface area contributed by atoms with Gasteiger partial charge >= 0.3 is 0 Å². The van der Waals surface area contributed by atoms with E-state index in [0.717, 1.165) is 24.5 Å². The summed E-state index contributed by atoms with van der Waals surface area (Å²) in [6, 6.07) is 0.761. The fourth-order valence-electron chi connectivity index (χ4n) is 4.06. The van der Waals surface area contributed by atoms with Crippen LogP contribution >= 0.6 is 0 Å². The zero-order chi connectivity index (χ0) is 13.5. The second-order valence-corrected chi connectivity index (χ2v) is 6.66. The van der Waals surface area contributed by atoms with Gasteiger partial charge in [0.2, 0.25) is 0 Å². The predicted molar refractivity (Wildman–Crippen MR) is 81.4 cm³/mol. The minimum absolute atomic E-state index is 0.566. The minimum Gasteiger partial charge on any atom is -0.378 e. The molecule has 1 saturated carbocycles. The van der Waals surface area contributed by atoms with Crippen LogP contribution in [0.5, 0.6) is 0 Å². The van der Waals surface area contributed by atoms with Crippen LogP contribution in [0.3, 0.4) is 0 Å². The average Bonchev–Trinajstić information content (AvgIpc) is 2.91. The second kappa shape index (κ2) is 8.26. The van der Waals surface area contributed by atoms with Gasteiger partial charge < -0.3 is 10.1 Å². The van der Waals surface area contributed by atoms with Gasteiger partial charge in [0.25, 0.3) is 0 Å². The Bertz CT molecular complexity index is 237. The Balaban J connectivity index is 1.85. The molecule has 0 aromatic carbocycles. The number of hydrogen-bond donors (Lipinski definition) is 1. The number of rotatable bonds is 7. The third-order valence-corrected chi connectivity index (χ3v) is 5.03. The summed E-state index contributed by atoms with van der Waals surface area (Å²) in [5.41, 5.74) is 0. The molecule has 2 fully saturated rings. The smallest absolute Gasteiger partial charge is 0.0579 e. The van der Waals surface area contributed by atoms with Crippen molar-refractivity contribution in [3.8, 4) is 0 Å². The van der Waals surface area contributed by atoms with E-state index in [2.05, 4.69) is 19.2 Å². The highest BCUT2D eigenvalue weighted by atomic mass is 16.5. The molecule has 2 nitrogen and oxygen atoms in total. The van der Waals surface area contributed by atoms with Crippen molar-refractivity contribution in [1.29, 1.82) is 0 Å². The maximum Gasteiger partial charge on any atom is 0.0579 e. The molecular weight excluding hydrogens is 234 g/mol. The van der Waals surface area contributed by atoms with Crippen molar-refractivity contribution < 1.29 is 4.74 Å². The number of ether oxygens (including phenoxy) is 1. The van der Waals surface area contributed by atoms with Crippen LogP contribution in [-0.4, -0.2) is 25.3 Å². The Labute approximate surface area is 119 Å². The van der Waals surface area contributed by atoms with Crippen molar-refractivity contribution in [2.45, 2.75) is 83.8 Å². The van der Waals surface area contributed by atoms with Gasteiger partial charge in [0.05, 0.1) is 6.10 Å². The van der Waals surface area contributed by atoms with Crippen LogP contribution in [-0.2, 0) is 4.74 Å². The van der Waals surface area contributed by atoms with E-state index >= 15 is 0 Å². The van der Waals surface area contributed by atoms with Gasteiger partial charge in [-0.15, -0.1) is 0 Å². The molecule has 1 saturated heterocycles. The van der Waals surface area contributed by atoms with E-state index in [1.807, 2.05) is 0 Å². The molecule has 0 aromatic heterocycles. The molecule has 1 aliphatic heterocycles. The summed E-state index contributed by atoms with van der Waals surface area (Å²) >= 11 is 0. The van der Waals surface area contributed by atoms with Gasteiger partial charge in [0.1, 0.15) is 0 Å². The van der Waals surface area contributed by atoms with Gasteiger partial charge in [-0.05, 0) is 63.3 Å². The molecule has 0 amide bonds. The van der Waals surface area contributed by atoms with Gasteiger partial charge in [-0.1, -0.05) is 26.7 Å². The van der Waals surface area contributed by atoms with Gasteiger partial charge in [-0.25, -0.2) is 0 Å². The second-order valence-electron chi connectivity index (χ2n) is 6.66. The maximum atomic E-state index is 5.88. The van der Waals surface area contributed by atoms with Crippen LogP contribution in [0.4, 0.5) is 0 Å². The fraction of sp³-hybridized carbons (Fsp3) is 1.00. The molecule has 0 spiro atoms. The van der Waals surface area contributed by atoms with Crippen LogP contribution in [0, 0.1) is 11.8 Å².